The van der Waals surface area contributed by atoms with Gasteiger partial charge in [0, 0.05) is 19.0 Å². The number of rotatable bonds is 9. The van der Waals surface area contributed by atoms with Crippen molar-refractivity contribution < 1.29 is 42.6 Å². The first-order chi connectivity index (χ1) is 17.9. The molecule has 1 amide bonds. The number of carbonyl (C=O) groups is 3. The van der Waals surface area contributed by atoms with Gasteiger partial charge in [0.15, 0.2) is 0 Å². The zero-order valence-corrected chi connectivity index (χ0v) is 20.8. The third-order valence-corrected chi connectivity index (χ3v) is 5.87. The molecular weight excluding hydrogens is 505 g/mol. The molecule has 2 aromatic rings. The molecule has 2 aromatic carbocycles. The Kier molecular flexibility index (Phi) is 11.5. The van der Waals surface area contributed by atoms with E-state index < -0.39 is 23.6 Å². The Labute approximate surface area is 218 Å². The minimum absolute atomic E-state index is 0.0200. The van der Waals surface area contributed by atoms with Crippen molar-refractivity contribution in [2.24, 2.45) is 0 Å². The molecule has 0 unspecified atom stereocenters. The maximum atomic E-state index is 13.1. The third kappa shape index (κ3) is 10.3. The van der Waals surface area contributed by atoms with Crippen LogP contribution in [0.4, 0.5) is 13.2 Å². The van der Waals surface area contributed by atoms with Crippen molar-refractivity contribution in [2.75, 3.05) is 0 Å². The number of aliphatic carboxylic acids is 1. The van der Waals surface area contributed by atoms with Crippen molar-refractivity contribution in [3.8, 4) is 0 Å². The lowest BCUT2D eigenvalue weighted by atomic mass is 9.92. The van der Waals surface area contributed by atoms with Crippen molar-refractivity contribution in [3.63, 3.8) is 0 Å². The normalized spacial score (nSPS) is 15.3. The Bertz CT molecular complexity index is 1080. The van der Waals surface area contributed by atoms with Gasteiger partial charge in [0.2, 0.25) is 0 Å². The summed E-state index contributed by atoms with van der Waals surface area (Å²) in [7, 11) is 0. The van der Waals surface area contributed by atoms with Gasteiger partial charge in [0.05, 0.1) is 0 Å². The van der Waals surface area contributed by atoms with Gasteiger partial charge in [-0.2, -0.15) is 13.2 Å². The Balaban J connectivity index is 0.000000638. The molecule has 206 valence electrons. The number of halogens is 3. The van der Waals surface area contributed by atoms with Crippen LogP contribution in [-0.4, -0.2) is 46.0 Å². The van der Waals surface area contributed by atoms with Gasteiger partial charge in [-0.1, -0.05) is 54.6 Å². The number of esters is 1. The number of alkyl halides is 3. The highest BCUT2D eigenvalue weighted by Crippen LogP contribution is 2.24. The van der Waals surface area contributed by atoms with E-state index in [0.717, 1.165) is 42.4 Å². The fourth-order valence-corrected chi connectivity index (χ4v) is 3.75. The number of benzene rings is 2. The average Bonchev–Trinajstić information content (AvgIpc) is 3.40. The van der Waals surface area contributed by atoms with Crippen LogP contribution in [0.3, 0.4) is 0 Å². The summed E-state index contributed by atoms with van der Waals surface area (Å²) in [6, 6.07) is 17.6. The third-order valence-electron chi connectivity index (χ3n) is 5.87. The lowest BCUT2D eigenvalue weighted by Gasteiger charge is -2.30. The Hall–Kier alpha value is -3.70. The van der Waals surface area contributed by atoms with Gasteiger partial charge in [-0.05, 0) is 55.4 Å². The molecule has 11 heteroatoms. The summed E-state index contributed by atoms with van der Waals surface area (Å²) in [4.78, 5) is 33.1. The number of carbonyl (C=O) groups excluding carboxylic acids is 2. The van der Waals surface area contributed by atoms with Gasteiger partial charge in [0.25, 0.3) is 5.91 Å². The van der Waals surface area contributed by atoms with E-state index >= 15 is 0 Å². The molecule has 0 spiro atoms. The Morgan fingerprint density at radius 3 is 2.11 bits per heavy atom. The number of nitrogens with one attached hydrogen (secondary N) is 2. The zero-order chi connectivity index (χ0) is 28.2. The summed E-state index contributed by atoms with van der Waals surface area (Å²) in [5.41, 5.74) is 3.63. The molecule has 0 aromatic heterocycles. The lowest BCUT2D eigenvalue weighted by Crippen LogP contribution is -2.52. The van der Waals surface area contributed by atoms with Crippen LogP contribution in [-0.2, 0) is 32.1 Å². The van der Waals surface area contributed by atoms with Gasteiger partial charge in [-0.3, -0.25) is 20.1 Å². The summed E-state index contributed by atoms with van der Waals surface area (Å²) in [5, 5.41) is 19.1. The van der Waals surface area contributed by atoms with E-state index in [1.54, 1.807) is 11.6 Å². The van der Waals surface area contributed by atoms with Gasteiger partial charge in [-0.25, -0.2) is 10.3 Å². The minimum atomic E-state index is -5.08. The highest BCUT2D eigenvalue weighted by Gasteiger charge is 2.38. The fourth-order valence-electron chi connectivity index (χ4n) is 3.75. The average molecular weight is 537 g/mol. The predicted octanol–water partition coefficient (Wildman–Crippen LogP) is 4.42. The second-order valence-electron chi connectivity index (χ2n) is 9.01. The monoisotopic (exact) mass is 536 g/mol. The number of hydrogen-bond donors (Lipinski definition) is 4. The SMILES string of the molecule is C[C@@](Cc1ccccc1)(NCc1ccc(/C=C/C(=O)NO)cc1)C(=O)OC1CCCC1.O=C(O)C(F)(F)F. The molecule has 1 aliphatic carbocycles. The number of hydroxylamine groups is 1. The van der Waals surface area contributed by atoms with Crippen molar-refractivity contribution in [3.05, 3.63) is 77.4 Å². The summed E-state index contributed by atoms with van der Waals surface area (Å²) < 4.78 is 37.6. The van der Waals surface area contributed by atoms with E-state index in [9.17, 15) is 22.8 Å². The second kappa shape index (κ2) is 14.3. The molecule has 0 saturated heterocycles. The van der Waals surface area contributed by atoms with E-state index in [4.69, 9.17) is 19.8 Å². The molecule has 38 heavy (non-hydrogen) atoms. The molecule has 0 aliphatic heterocycles. The molecule has 0 bridgehead atoms. The highest BCUT2D eigenvalue weighted by molar-refractivity contribution is 5.90. The number of carboxylic acids is 1. The first-order valence-electron chi connectivity index (χ1n) is 11.9. The smallest absolute Gasteiger partial charge is 0.475 e. The summed E-state index contributed by atoms with van der Waals surface area (Å²) in [6.45, 7) is 2.41. The topological polar surface area (TPSA) is 125 Å². The van der Waals surface area contributed by atoms with Gasteiger partial charge in [-0.15, -0.1) is 0 Å². The second-order valence-corrected chi connectivity index (χ2v) is 9.01. The number of amides is 1. The summed E-state index contributed by atoms with van der Waals surface area (Å²) >= 11 is 0. The van der Waals surface area contributed by atoms with Gasteiger partial charge >= 0.3 is 18.1 Å². The van der Waals surface area contributed by atoms with Crippen molar-refractivity contribution in [2.45, 2.75) is 63.4 Å². The van der Waals surface area contributed by atoms with Crippen LogP contribution in [0.1, 0.15) is 49.3 Å². The van der Waals surface area contributed by atoms with Crippen LogP contribution in [0.25, 0.3) is 6.08 Å². The van der Waals surface area contributed by atoms with Gasteiger partial charge in [0.1, 0.15) is 11.6 Å². The van der Waals surface area contributed by atoms with Crippen LogP contribution in [0.5, 0.6) is 0 Å². The molecule has 1 aliphatic rings. The van der Waals surface area contributed by atoms with Crippen LogP contribution < -0.4 is 10.8 Å². The quantitative estimate of drug-likeness (QED) is 0.162. The van der Waals surface area contributed by atoms with Crippen LogP contribution in [0.15, 0.2) is 60.7 Å². The standard InChI is InChI=1S/C25H30N2O4.C2HF3O2/c1-25(17-20-7-3-2-4-8-20,24(29)31-22-9-5-6-10-22)26-18-21-13-11-19(12-14-21)15-16-23(28)27-30;3-2(4,5)1(6)7/h2-4,7-8,11-16,22,26,30H,5-6,9-10,17-18H2,1H3,(H,27,28);(H,6,7)/b16-15+;/t25-;/m0./s1. The van der Waals surface area contributed by atoms with Crippen LogP contribution >= 0.6 is 0 Å². The molecule has 0 radical (unpaired) electrons. The molecule has 4 N–H and O–H groups in total. The van der Waals surface area contributed by atoms with Crippen molar-refractivity contribution >= 4 is 23.9 Å². The van der Waals surface area contributed by atoms with E-state index in [0.29, 0.717) is 13.0 Å². The first kappa shape index (κ1) is 30.5. The molecule has 1 fully saturated rings. The van der Waals surface area contributed by atoms with E-state index in [1.165, 1.54) is 6.08 Å². The molecule has 3 rings (SSSR count). The summed E-state index contributed by atoms with van der Waals surface area (Å²) in [5.74, 6) is -3.55. The van der Waals surface area contributed by atoms with Crippen LogP contribution in [0.2, 0.25) is 0 Å². The lowest BCUT2D eigenvalue weighted by molar-refractivity contribution is -0.192. The van der Waals surface area contributed by atoms with E-state index in [-0.39, 0.29) is 12.1 Å². The minimum Gasteiger partial charge on any atom is -0.475 e. The van der Waals surface area contributed by atoms with E-state index in [1.807, 2.05) is 61.5 Å². The first-order valence-corrected chi connectivity index (χ1v) is 11.9. The van der Waals surface area contributed by atoms with Crippen LogP contribution in [0, 0.1) is 0 Å². The maximum absolute atomic E-state index is 13.1. The molecule has 1 atom stereocenters. The predicted molar refractivity (Wildman–Crippen MR) is 133 cm³/mol. The zero-order valence-electron chi connectivity index (χ0n) is 20.8. The molecule has 0 heterocycles. The van der Waals surface area contributed by atoms with Crippen molar-refractivity contribution in [1.82, 2.24) is 10.8 Å². The number of hydrogen-bond acceptors (Lipinski definition) is 6. The van der Waals surface area contributed by atoms with Gasteiger partial charge < -0.3 is 9.84 Å². The van der Waals surface area contributed by atoms with E-state index in [2.05, 4.69) is 5.32 Å². The Morgan fingerprint density at radius 2 is 1.58 bits per heavy atom. The largest absolute Gasteiger partial charge is 0.490 e. The van der Waals surface area contributed by atoms with Crippen molar-refractivity contribution in [1.29, 1.82) is 0 Å². The Morgan fingerprint density at radius 1 is 1.00 bits per heavy atom. The maximum Gasteiger partial charge on any atom is 0.490 e. The highest BCUT2D eigenvalue weighted by atomic mass is 19.4. The summed E-state index contributed by atoms with van der Waals surface area (Å²) in [6.07, 6.45) is 2.45. The molecule has 1 saturated carbocycles. The number of ether oxygens (including phenoxy) is 1. The number of carboxylic acid groups (broad SMARTS) is 1. The molecular formula is C27H31F3N2O6. The fraction of sp³-hybridized carbons (Fsp3) is 0.370. The molecule has 8 nitrogen and oxygen atoms in total.